The molecule has 0 unspecified atom stereocenters. The molecule has 0 radical (unpaired) electrons. The average Bonchev–Trinajstić information content (AvgIpc) is 2.64. The highest BCUT2D eigenvalue weighted by Crippen LogP contribution is 2.23. The van der Waals surface area contributed by atoms with Crippen LogP contribution in [0.2, 0.25) is 0 Å². The molecule has 1 amide bonds. The van der Waals surface area contributed by atoms with Crippen LogP contribution in [0.3, 0.4) is 0 Å². The van der Waals surface area contributed by atoms with Crippen molar-refractivity contribution in [1.82, 2.24) is 9.38 Å². The van der Waals surface area contributed by atoms with Gasteiger partial charge < -0.3 is 5.32 Å². The Labute approximate surface area is 150 Å². The number of nitro benzene ring substituents is 2. The molecule has 0 aliphatic heterocycles. The molecule has 0 aliphatic rings. The number of nitro groups is 2. The topological polar surface area (TPSA) is 150 Å². The maximum Gasteiger partial charge on any atom is 0.281 e. The van der Waals surface area contributed by atoms with E-state index in [4.69, 9.17) is 0 Å². The van der Waals surface area contributed by atoms with Crippen LogP contribution in [-0.2, 0) is 0 Å². The fraction of sp³-hybridized carbons (Fsp3) is 0.0625. The van der Waals surface area contributed by atoms with E-state index in [1.54, 1.807) is 18.2 Å². The first-order valence-corrected chi connectivity index (χ1v) is 7.51. The molecule has 0 fully saturated rings. The van der Waals surface area contributed by atoms with Crippen molar-refractivity contribution in [2.24, 2.45) is 0 Å². The minimum Gasteiger partial charge on any atom is -0.316 e. The van der Waals surface area contributed by atoms with Crippen LogP contribution in [-0.4, -0.2) is 25.1 Å². The van der Waals surface area contributed by atoms with Gasteiger partial charge in [-0.1, -0.05) is 6.07 Å². The quantitative estimate of drug-likeness (QED) is 0.546. The van der Waals surface area contributed by atoms with Crippen molar-refractivity contribution in [3.8, 4) is 0 Å². The summed E-state index contributed by atoms with van der Waals surface area (Å²) in [6.07, 6.45) is 1.47. The summed E-state index contributed by atoms with van der Waals surface area (Å²) in [7, 11) is 0. The number of fused-ring (bicyclic) bond motifs is 1. The summed E-state index contributed by atoms with van der Waals surface area (Å²) in [4.78, 5) is 49.4. The fourth-order valence-corrected chi connectivity index (χ4v) is 2.47. The third kappa shape index (κ3) is 3.33. The number of amides is 1. The highest BCUT2D eigenvalue weighted by atomic mass is 16.6. The summed E-state index contributed by atoms with van der Waals surface area (Å²) in [6, 6.07) is 7.45. The van der Waals surface area contributed by atoms with Gasteiger partial charge in [0.05, 0.1) is 27.2 Å². The Kier molecular flexibility index (Phi) is 4.34. The van der Waals surface area contributed by atoms with Crippen LogP contribution >= 0.6 is 0 Å². The number of carbonyl (C=O) groups excluding carboxylic acids is 1. The lowest BCUT2D eigenvalue weighted by atomic mass is 10.1. The van der Waals surface area contributed by atoms with Crippen LogP contribution in [0, 0.1) is 27.2 Å². The number of carbonyl (C=O) groups is 1. The summed E-state index contributed by atoms with van der Waals surface area (Å²) in [6.45, 7) is 1.51. The number of hydrogen-bond donors (Lipinski definition) is 1. The number of hydrogen-bond acceptors (Lipinski definition) is 7. The molecule has 0 saturated carbocycles. The number of nitrogens with one attached hydrogen (secondary N) is 1. The van der Waals surface area contributed by atoms with E-state index >= 15 is 0 Å². The van der Waals surface area contributed by atoms with Gasteiger partial charge in [-0.3, -0.25) is 34.2 Å². The van der Waals surface area contributed by atoms with Gasteiger partial charge in [-0.05, 0) is 19.1 Å². The molecule has 27 heavy (non-hydrogen) atoms. The highest BCUT2D eigenvalue weighted by molar-refractivity contribution is 6.05. The summed E-state index contributed by atoms with van der Waals surface area (Å²) in [5.41, 5.74) is -1.61. The molecule has 0 aliphatic carbocycles. The van der Waals surface area contributed by atoms with Crippen LogP contribution in [0.1, 0.15) is 16.1 Å². The predicted octanol–water partition coefficient (Wildman–Crippen LogP) is 2.07. The van der Waals surface area contributed by atoms with E-state index in [9.17, 15) is 29.8 Å². The van der Waals surface area contributed by atoms with Crippen LogP contribution < -0.4 is 10.9 Å². The van der Waals surface area contributed by atoms with E-state index < -0.39 is 32.7 Å². The number of pyridine rings is 1. The first kappa shape index (κ1) is 17.7. The number of non-ortho nitro benzene ring substituents is 2. The Morgan fingerprint density at radius 2 is 1.74 bits per heavy atom. The van der Waals surface area contributed by atoms with Crippen LogP contribution in [0.5, 0.6) is 0 Å². The molecule has 3 rings (SSSR count). The second-order valence-electron chi connectivity index (χ2n) is 5.51. The van der Waals surface area contributed by atoms with Gasteiger partial charge in [0.25, 0.3) is 22.8 Å². The molecule has 11 heteroatoms. The maximum atomic E-state index is 12.6. The molecular formula is C16H11N5O6. The van der Waals surface area contributed by atoms with Crippen LogP contribution in [0.15, 0.2) is 47.4 Å². The second-order valence-corrected chi connectivity index (χ2v) is 5.51. The largest absolute Gasteiger partial charge is 0.316 e. The number of rotatable bonds is 4. The van der Waals surface area contributed by atoms with Crippen LogP contribution in [0.25, 0.3) is 5.65 Å². The molecule has 2 aromatic heterocycles. The number of anilines is 1. The minimum absolute atomic E-state index is 0.127. The molecule has 2 heterocycles. The van der Waals surface area contributed by atoms with E-state index in [1.807, 2.05) is 0 Å². The van der Waals surface area contributed by atoms with Crippen molar-refractivity contribution in [2.75, 3.05) is 5.32 Å². The predicted molar refractivity (Wildman–Crippen MR) is 93.9 cm³/mol. The molecule has 0 saturated heterocycles. The van der Waals surface area contributed by atoms with E-state index in [2.05, 4.69) is 10.3 Å². The molecule has 1 N–H and O–H groups in total. The molecular weight excluding hydrogens is 358 g/mol. The smallest absolute Gasteiger partial charge is 0.281 e. The lowest BCUT2D eigenvalue weighted by Gasteiger charge is -2.09. The minimum atomic E-state index is -0.903. The Balaban J connectivity index is 2.06. The lowest BCUT2D eigenvalue weighted by Crippen LogP contribution is -2.25. The molecule has 0 bridgehead atoms. The monoisotopic (exact) mass is 369 g/mol. The zero-order valence-electron chi connectivity index (χ0n) is 13.8. The first-order valence-electron chi connectivity index (χ1n) is 7.51. The number of nitrogens with zero attached hydrogens (tertiary/aromatic N) is 4. The van der Waals surface area contributed by atoms with Crippen molar-refractivity contribution < 1.29 is 14.6 Å². The van der Waals surface area contributed by atoms with Gasteiger partial charge in [0.1, 0.15) is 11.3 Å². The van der Waals surface area contributed by atoms with Gasteiger partial charge in [-0.2, -0.15) is 0 Å². The van der Waals surface area contributed by atoms with Gasteiger partial charge >= 0.3 is 0 Å². The lowest BCUT2D eigenvalue weighted by molar-refractivity contribution is -0.394. The fourth-order valence-electron chi connectivity index (χ4n) is 2.47. The first-order chi connectivity index (χ1) is 12.8. The summed E-state index contributed by atoms with van der Waals surface area (Å²) < 4.78 is 1.22. The zero-order valence-corrected chi connectivity index (χ0v) is 13.8. The molecule has 0 atom stereocenters. The summed E-state index contributed by atoms with van der Waals surface area (Å²) >= 11 is 0. The van der Waals surface area contributed by atoms with Crippen molar-refractivity contribution in [2.45, 2.75) is 6.92 Å². The van der Waals surface area contributed by atoms with Crippen molar-refractivity contribution in [3.05, 3.63) is 84.4 Å². The number of benzene rings is 1. The maximum absolute atomic E-state index is 12.6. The molecule has 1 aromatic carbocycles. The van der Waals surface area contributed by atoms with Crippen LogP contribution in [0.4, 0.5) is 17.1 Å². The third-order valence-corrected chi connectivity index (χ3v) is 3.74. The Bertz CT molecular complexity index is 1140. The summed E-state index contributed by atoms with van der Waals surface area (Å²) in [5, 5.41) is 24.2. The average molecular weight is 369 g/mol. The van der Waals surface area contributed by atoms with E-state index in [0.717, 1.165) is 18.2 Å². The Morgan fingerprint density at radius 1 is 1.11 bits per heavy atom. The van der Waals surface area contributed by atoms with E-state index in [1.165, 1.54) is 17.5 Å². The normalized spacial score (nSPS) is 10.6. The van der Waals surface area contributed by atoms with Crippen molar-refractivity contribution in [3.63, 3.8) is 0 Å². The van der Waals surface area contributed by atoms with Crippen molar-refractivity contribution >= 4 is 28.6 Å². The van der Waals surface area contributed by atoms with E-state index in [-0.39, 0.29) is 16.9 Å². The molecule has 3 aromatic rings. The van der Waals surface area contributed by atoms with Crippen molar-refractivity contribution in [1.29, 1.82) is 0 Å². The van der Waals surface area contributed by atoms with Gasteiger partial charge in [-0.15, -0.1) is 0 Å². The SMILES string of the molecule is Cc1nc2ccccn2c(=O)c1NC(=O)c1cc([N+](=O)[O-])cc([N+](=O)[O-])c1. The second kappa shape index (κ2) is 6.63. The zero-order chi connectivity index (χ0) is 19.7. The third-order valence-electron chi connectivity index (χ3n) is 3.74. The van der Waals surface area contributed by atoms with Gasteiger partial charge in [-0.25, -0.2) is 4.98 Å². The van der Waals surface area contributed by atoms with E-state index in [0.29, 0.717) is 5.65 Å². The number of aryl methyl sites for hydroxylation is 1. The Hall–Kier alpha value is -4.15. The van der Waals surface area contributed by atoms with Gasteiger partial charge in [0, 0.05) is 18.3 Å². The molecule has 136 valence electrons. The standard InChI is InChI=1S/C16H11N5O6/c1-9-14(16(23)19-5-3-2-4-13(19)17-9)18-15(22)10-6-11(20(24)25)8-12(7-10)21(26)27/h2-8H,1H3,(H,18,22). The number of aromatic nitrogens is 2. The van der Waals surface area contributed by atoms with Gasteiger partial charge in [0.2, 0.25) is 0 Å². The molecule has 0 spiro atoms. The van der Waals surface area contributed by atoms with Gasteiger partial charge in [0.15, 0.2) is 0 Å². The summed E-state index contributed by atoms with van der Waals surface area (Å²) in [5.74, 6) is -0.903. The molecule has 11 nitrogen and oxygen atoms in total. The highest BCUT2D eigenvalue weighted by Gasteiger charge is 2.21. The Morgan fingerprint density at radius 3 is 2.33 bits per heavy atom.